The molecular formula is C18H16N2O5. The molecule has 1 heterocycles. The van der Waals surface area contributed by atoms with Crippen LogP contribution in [0.25, 0.3) is 0 Å². The molecule has 1 atom stereocenters. The molecule has 0 bridgehead atoms. The van der Waals surface area contributed by atoms with Crippen molar-refractivity contribution < 1.29 is 19.2 Å². The fraction of sp³-hybridized carbons (Fsp3) is 0.222. The number of carbonyl (C=O) groups is 2. The Morgan fingerprint density at radius 1 is 1.20 bits per heavy atom. The number of benzene rings is 2. The van der Waals surface area contributed by atoms with Gasteiger partial charge in [-0.1, -0.05) is 24.3 Å². The Morgan fingerprint density at radius 2 is 1.92 bits per heavy atom. The maximum atomic E-state index is 13.1. The first-order chi connectivity index (χ1) is 12.0. The molecule has 25 heavy (non-hydrogen) atoms. The summed E-state index contributed by atoms with van der Waals surface area (Å²) in [5.41, 5.74) is 1.81. The minimum atomic E-state index is -0.784. The smallest absolute Gasteiger partial charge is 0.329 e. The van der Waals surface area contributed by atoms with E-state index in [0.717, 1.165) is 5.56 Å². The molecule has 0 saturated heterocycles. The summed E-state index contributed by atoms with van der Waals surface area (Å²) in [6.45, 7) is 1.53. The lowest BCUT2D eigenvalue weighted by Crippen LogP contribution is -2.43. The molecule has 2 aromatic rings. The van der Waals surface area contributed by atoms with Crippen molar-refractivity contribution in [2.24, 2.45) is 0 Å². The minimum Gasteiger partial charge on any atom is -0.467 e. The van der Waals surface area contributed by atoms with Crippen molar-refractivity contribution in [3.05, 3.63) is 69.3 Å². The highest BCUT2D eigenvalue weighted by Crippen LogP contribution is 2.35. The zero-order chi connectivity index (χ0) is 18.1. The van der Waals surface area contributed by atoms with Gasteiger partial charge < -0.3 is 4.74 Å². The number of anilines is 1. The molecule has 128 valence electrons. The van der Waals surface area contributed by atoms with Gasteiger partial charge in [0.25, 0.3) is 11.6 Å². The molecule has 0 fully saturated rings. The third kappa shape index (κ3) is 2.73. The number of para-hydroxylation sites is 1. The van der Waals surface area contributed by atoms with E-state index in [0.29, 0.717) is 12.1 Å². The van der Waals surface area contributed by atoms with E-state index in [1.807, 2.05) is 12.1 Å². The van der Waals surface area contributed by atoms with Gasteiger partial charge in [-0.05, 0) is 24.6 Å². The van der Waals surface area contributed by atoms with E-state index in [1.165, 1.54) is 37.1 Å². The van der Waals surface area contributed by atoms with E-state index in [4.69, 9.17) is 4.74 Å². The lowest BCUT2D eigenvalue weighted by molar-refractivity contribution is -0.385. The molecule has 0 aliphatic carbocycles. The molecule has 0 spiro atoms. The summed E-state index contributed by atoms with van der Waals surface area (Å²) < 4.78 is 4.83. The van der Waals surface area contributed by atoms with E-state index < -0.39 is 22.8 Å². The number of ether oxygens (including phenoxy) is 1. The average Bonchev–Trinajstić information content (AvgIpc) is 3.00. The molecular weight excluding hydrogens is 324 g/mol. The number of esters is 1. The monoisotopic (exact) mass is 340 g/mol. The number of fused-ring (bicyclic) bond motifs is 1. The van der Waals surface area contributed by atoms with E-state index in [9.17, 15) is 19.7 Å². The van der Waals surface area contributed by atoms with Gasteiger partial charge >= 0.3 is 5.97 Å². The van der Waals surface area contributed by atoms with Gasteiger partial charge in [0.05, 0.1) is 12.0 Å². The normalized spacial score (nSPS) is 15.6. The van der Waals surface area contributed by atoms with Crippen molar-refractivity contribution in [2.75, 3.05) is 12.0 Å². The van der Waals surface area contributed by atoms with Crippen LogP contribution >= 0.6 is 0 Å². The van der Waals surface area contributed by atoms with Crippen LogP contribution in [-0.4, -0.2) is 30.0 Å². The zero-order valence-corrected chi connectivity index (χ0v) is 13.8. The molecule has 1 aliphatic rings. The summed E-state index contributed by atoms with van der Waals surface area (Å²) in [6.07, 6.45) is 0.350. The number of rotatable bonds is 3. The molecule has 0 radical (unpaired) electrons. The van der Waals surface area contributed by atoms with Crippen molar-refractivity contribution in [1.29, 1.82) is 0 Å². The number of carbonyl (C=O) groups excluding carboxylic acids is 2. The number of nitrogens with zero attached hydrogens (tertiary/aromatic N) is 2. The predicted octanol–water partition coefficient (Wildman–Crippen LogP) is 2.65. The summed E-state index contributed by atoms with van der Waals surface area (Å²) in [6, 6.07) is 10.8. The molecule has 0 saturated carbocycles. The van der Waals surface area contributed by atoms with Crippen LogP contribution in [0.1, 0.15) is 21.5 Å². The molecule has 0 N–H and O–H groups in total. The lowest BCUT2D eigenvalue weighted by atomic mass is 10.0. The number of nitro groups is 1. The maximum Gasteiger partial charge on any atom is 0.329 e. The third-order valence-electron chi connectivity index (χ3n) is 4.40. The Bertz CT molecular complexity index is 878. The topological polar surface area (TPSA) is 89.8 Å². The zero-order valence-electron chi connectivity index (χ0n) is 13.8. The molecule has 7 nitrogen and oxygen atoms in total. The van der Waals surface area contributed by atoms with E-state index in [-0.39, 0.29) is 16.8 Å². The predicted molar refractivity (Wildman–Crippen MR) is 90.6 cm³/mol. The van der Waals surface area contributed by atoms with Crippen LogP contribution < -0.4 is 4.90 Å². The minimum absolute atomic E-state index is 0.132. The van der Waals surface area contributed by atoms with Crippen molar-refractivity contribution >= 4 is 23.3 Å². The quantitative estimate of drug-likeness (QED) is 0.487. The highest BCUT2D eigenvalue weighted by atomic mass is 16.6. The van der Waals surface area contributed by atoms with Crippen LogP contribution in [0.15, 0.2) is 42.5 Å². The highest BCUT2D eigenvalue weighted by molar-refractivity contribution is 6.12. The Kier molecular flexibility index (Phi) is 4.22. The van der Waals surface area contributed by atoms with E-state index in [2.05, 4.69) is 0 Å². The summed E-state index contributed by atoms with van der Waals surface area (Å²) in [7, 11) is 1.27. The van der Waals surface area contributed by atoms with Gasteiger partial charge in [-0.15, -0.1) is 0 Å². The maximum absolute atomic E-state index is 13.1. The fourth-order valence-corrected chi connectivity index (χ4v) is 3.14. The van der Waals surface area contributed by atoms with Gasteiger partial charge in [0, 0.05) is 29.3 Å². The average molecular weight is 340 g/mol. The van der Waals surface area contributed by atoms with E-state index in [1.54, 1.807) is 12.1 Å². The number of amides is 1. The first kappa shape index (κ1) is 16.6. The second-order valence-electron chi connectivity index (χ2n) is 5.75. The Hall–Kier alpha value is -3.22. The van der Waals surface area contributed by atoms with Crippen LogP contribution in [0.5, 0.6) is 0 Å². The molecule has 2 aromatic carbocycles. The Labute approximate surface area is 144 Å². The summed E-state index contributed by atoms with van der Waals surface area (Å²) in [4.78, 5) is 37.3. The van der Waals surface area contributed by atoms with Crippen molar-refractivity contribution in [2.45, 2.75) is 19.4 Å². The first-order valence-corrected chi connectivity index (χ1v) is 7.69. The second-order valence-corrected chi connectivity index (χ2v) is 5.75. The summed E-state index contributed by atoms with van der Waals surface area (Å²) >= 11 is 0. The number of hydrogen-bond donors (Lipinski definition) is 0. The van der Waals surface area contributed by atoms with E-state index >= 15 is 0 Å². The standard InChI is InChI=1S/C18H16N2O5/c1-11-13(7-5-9-14(11)20(23)24)17(21)19-15-8-4-3-6-12(15)10-16(19)18(22)25-2/h3-9,16H,10H2,1-2H3. The van der Waals surface area contributed by atoms with Crippen molar-refractivity contribution in [3.63, 3.8) is 0 Å². The van der Waals surface area contributed by atoms with Crippen molar-refractivity contribution in [3.8, 4) is 0 Å². The van der Waals surface area contributed by atoms with Gasteiger partial charge in [-0.25, -0.2) is 4.79 Å². The molecule has 1 aliphatic heterocycles. The van der Waals surface area contributed by atoms with Crippen LogP contribution in [0, 0.1) is 17.0 Å². The molecule has 1 unspecified atom stereocenters. The largest absolute Gasteiger partial charge is 0.467 e. The van der Waals surface area contributed by atoms with Gasteiger partial charge in [0.15, 0.2) is 0 Å². The Balaban J connectivity index is 2.09. The SMILES string of the molecule is COC(=O)C1Cc2ccccc2N1C(=O)c1cccc([N+](=O)[O-])c1C. The molecule has 0 aromatic heterocycles. The molecule has 1 amide bonds. The second kappa shape index (κ2) is 6.35. The van der Waals surface area contributed by atoms with Crippen LogP contribution in [0.4, 0.5) is 11.4 Å². The molecule has 7 heteroatoms. The highest BCUT2D eigenvalue weighted by Gasteiger charge is 2.40. The van der Waals surface area contributed by atoms with Gasteiger partial charge in [-0.2, -0.15) is 0 Å². The van der Waals surface area contributed by atoms with Crippen LogP contribution in [0.2, 0.25) is 0 Å². The fourth-order valence-electron chi connectivity index (χ4n) is 3.14. The number of methoxy groups -OCH3 is 1. The molecule has 3 rings (SSSR count). The van der Waals surface area contributed by atoms with Crippen LogP contribution in [-0.2, 0) is 16.0 Å². The number of hydrogen-bond acceptors (Lipinski definition) is 5. The third-order valence-corrected chi connectivity index (χ3v) is 4.40. The first-order valence-electron chi connectivity index (χ1n) is 7.69. The lowest BCUT2D eigenvalue weighted by Gasteiger charge is -2.24. The van der Waals surface area contributed by atoms with Crippen molar-refractivity contribution in [1.82, 2.24) is 0 Å². The number of nitro benzene ring substituents is 1. The summed E-state index contributed by atoms with van der Waals surface area (Å²) in [5, 5.41) is 11.1. The van der Waals surface area contributed by atoms with Gasteiger partial charge in [0.1, 0.15) is 6.04 Å². The van der Waals surface area contributed by atoms with Crippen LogP contribution in [0.3, 0.4) is 0 Å². The van der Waals surface area contributed by atoms with Gasteiger partial charge in [0.2, 0.25) is 0 Å². The van der Waals surface area contributed by atoms with Gasteiger partial charge in [-0.3, -0.25) is 19.8 Å². The summed E-state index contributed by atoms with van der Waals surface area (Å²) in [5.74, 6) is -0.978. The Morgan fingerprint density at radius 3 is 2.60 bits per heavy atom.